The van der Waals surface area contributed by atoms with Gasteiger partial charge in [0.2, 0.25) is 0 Å². The third-order valence-electron chi connectivity index (χ3n) is 2.21. The Morgan fingerprint density at radius 2 is 1.88 bits per heavy atom. The first-order valence-corrected chi connectivity index (χ1v) is 7.19. The average molecular weight is 304 g/mol. The summed E-state index contributed by atoms with van der Waals surface area (Å²) in [5.41, 5.74) is 1.13. The Labute approximate surface area is 109 Å². The molecule has 0 radical (unpaired) electrons. The summed E-state index contributed by atoms with van der Waals surface area (Å²) in [4.78, 5) is 0. The van der Waals surface area contributed by atoms with Gasteiger partial charge in [-0.3, -0.25) is 0 Å². The van der Waals surface area contributed by atoms with Crippen molar-refractivity contribution in [1.82, 2.24) is 4.72 Å². The summed E-state index contributed by atoms with van der Waals surface area (Å²) >= 11 is 3.50. The Hall–Kier alpha value is -0.190. The van der Waals surface area contributed by atoms with E-state index < -0.39 is 11.0 Å². The minimum atomic E-state index is -1.05. The minimum absolute atomic E-state index is 0.0654. The molecule has 0 spiro atoms. The second-order valence-corrected chi connectivity index (χ2v) is 7.59. The fourth-order valence-corrected chi connectivity index (χ4v) is 2.66. The molecule has 1 aromatic rings. The van der Waals surface area contributed by atoms with E-state index in [4.69, 9.17) is 0 Å². The van der Waals surface area contributed by atoms with Crippen molar-refractivity contribution in [3.63, 3.8) is 0 Å². The molecule has 0 unspecified atom stereocenters. The second kappa shape index (κ2) is 5.43. The normalized spacial score (nSPS) is 15.8. The maximum absolute atomic E-state index is 11.9. The Kier molecular flexibility index (Phi) is 4.71. The molecule has 0 aromatic heterocycles. The third kappa shape index (κ3) is 3.68. The molecule has 1 aromatic carbocycles. The molecule has 0 aliphatic carbocycles. The lowest BCUT2D eigenvalue weighted by molar-refractivity contribution is 0.615. The maximum atomic E-state index is 11.9. The van der Waals surface area contributed by atoms with Crippen molar-refractivity contribution in [3.05, 3.63) is 34.3 Å². The SMILES string of the molecule is C[C@H](N[S@](=O)C(C)(C)C)c1ccccc1Br. The highest BCUT2D eigenvalue weighted by atomic mass is 79.9. The summed E-state index contributed by atoms with van der Waals surface area (Å²) in [6.45, 7) is 7.90. The van der Waals surface area contributed by atoms with Crippen LogP contribution in [0.1, 0.15) is 39.3 Å². The molecule has 0 saturated heterocycles. The van der Waals surface area contributed by atoms with Crippen LogP contribution in [0.15, 0.2) is 28.7 Å². The number of benzene rings is 1. The Bertz CT molecular complexity index is 387. The summed E-state index contributed by atoms with van der Waals surface area (Å²) < 4.78 is 15.9. The summed E-state index contributed by atoms with van der Waals surface area (Å²) in [5.74, 6) is 0. The lowest BCUT2D eigenvalue weighted by atomic mass is 10.1. The standard InChI is InChI=1S/C12H18BrNOS/c1-9(14-16(15)12(2,3)4)10-7-5-6-8-11(10)13/h5-9,14H,1-4H3/t9-,16+/m0/s1. The van der Waals surface area contributed by atoms with E-state index in [0.29, 0.717) is 0 Å². The predicted octanol–water partition coefficient (Wildman–Crippen LogP) is 3.56. The number of hydrogen-bond acceptors (Lipinski definition) is 1. The quantitative estimate of drug-likeness (QED) is 0.909. The maximum Gasteiger partial charge on any atom is 0.0975 e. The highest BCUT2D eigenvalue weighted by Gasteiger charge is 2.22. The molecule has 0 fully saturated rings. The van der Waals surface area contributed by atoms with Crippen LogP contribution in [0, 0.1) is 0 Å². The van der Waals surface area contributed by atoms with Crippen molar-refractivity contribution in [3.8, 4) is 0 Å². The molecule has 0 bridgehead atoms. The van der Waals surface area contributed by atoms with Gasteiger partial charge in [0.05, 0.1) is 15.7 Å². The zero-order valence-corrected chi connectivity index (χ0v) is 12.5. The van der Waals surface area contributed by atoms with Crippen molar-refractivity contribution >= 4 is 26.9 Å². The smallest absolute Gasteiger partial charge is 0.0975 e. The third-order valence-corrected chi connectivity index (χ3v) is 4.61. The van der Waals surface area contributed by atoms with Crippen molar-refractivity contribution in [2.24, 2.45) is 0 Å². The molecule has 0 heterocycles. The van der Waals surface area contributed by atoms with Crippen molar-refractivity contribution in [2.45, 2.75) is 38.5 Å². The van der Waals surface area contributed by atoms with Gasteiger partial charge < -0.3 is 0 Å². The molecular formula is C12H18BrNOS. The molecule has 90 valence electrons. The number of halogens is 1. The van der Waals surface area contributed by atoms with Gasteiger partial charge in [-0.15, -0.1) is 0 Å². The molecule has 4 heteroatoms. The van der Waals surface area contributed by atoms with Crippen LogP contribution in [0.2, 0.25) is 0 Å². The van der Waals surface area contributed by atoms with Gasteiger partial charge in [-0.1, -0.05) is 34.1 Å². The van der Waals surface area contributed by atoms with E-state index >= 15 is 0 Å². The Morgan fingerprint density at radius 3 is 2.38 bits per heavy atom. The molecule has 0 aliphatic rings. The Morgan fingerprint density at radius 1 is 1.31 bits per heavy atom. The van der Waals surface area contributed by atoms with Crippen LogP contribution in [0.4, 0.5) is 0 Å². The second-order valence-electron chi connectivity index (χ2n) is 4.74. The zero-order valence-electron chi connectivity index (χ0n) is 10.1. The molecule has 0 amide bonds. The van der Waals surface area contributed by atoms with Gasteiger partial charge in [-0.2, -0.15) is 0 Å². The number of rotatable bonds is 3. The van der Waals surface area contributed by atoms with E-state index in [1.54, 1.807) is 0 Å². The lowest BCUT2D eigenvalue weighted by Gasteiger charge is -2.22. The Balaban J connectivity index is 2.78. The molecular weight excluding hydrogens is 286 g/mol. The van der Waals surface area contributed by atoms with Crippen LogP contribution in [-0.4, -0.2) is 8.96 Å². The van der Waals surface area contributed by atoms with Gasteiger partial charge in [0.15, 0.2) is 0 Å². The van der Waals surface area contributed by atoms with E-state index in [1.807, 2.05) is 52.0 Å². The molecule has 0 saturated carbocycles. The molecule has 2 nitrogen and oxygen atoms in total. The fraction of sp³-hybridized carbons (Fsp3) is 0.500. The van der Waals surface area contributed by atoms with Crippen molar-refractivity contribution < 1.29 is 4.21 Å². The summed E-state index contributed by atoms with van der Waals surface area (Å²) in [6.07, 6.45) is 0. The van der Waals surface area contributed by atoms with Crippen LogP contribution in [-0.2, 0) is 11.0 Å². The average Bonchev–Trinajstić information content (AvgIpc) is 2.16. The van der Waals surface area contributed by atoms with Crippen LogP contribution in [0.25, 0.3) is 0 Å². The first kappa shape index (κ1) is 13.9. The highest BCUT2D eigenvalue weighted by molar-refractivity contribution is 9.10. The molecule has 0 aliphatic heterocycles. The first-order chi connectivity index (χ1) is 7.32. The van der Waals surface area contributed by atoms with Crippen LogP contribution >= 0.6 is 15.9 Å². The molecule has 16 heavy (non-hydrogen) atoms. The van der Waals surface area contributed by atoms with E-state index in [1.165, 1.54) is 0 Å². The van der Waals surface area contributed by atoms with Gasteiger partial charge in [0.25, 0.3) is 0 Å². The van der Waals surface area contributed by atoms with Crippen LogP contribution in [0.3, 0.4) is 0 Å². The monoisotopic (exact) mass is 303 g/mol. The minimum Gasteiger partial charge on any atom is -0.242 e. The van der Waals surface area contributed by atoms with Crippen LogP contribution < -0.4 is 4.72 Å². The summed E-state index contributed by atoms with van der Waals surface area (Å²) in [5, 5.41) is 0. The van der Waals surface area contributed by atoms with E-state index in [2.05, 4.69) is 20.7 Å². The van der Waals surface area contributed by atoms with E-state index in [0.717, 1.165) is 10.0 Å². The fourth-order valence-electron chi connectivity index (χ4n) is 1.23. The molecule has 1 N–H and O–H groups in total. The molecule has 1 rings (SSSR count). The predicted molar refractivity (Wildman–Crippen MR) is 73.6 cm³/mol. The van der Waals surface area contributed by atoms with Gasteiger partial charge >= 0.3 is 0 Å². The van der Waals surface area contributed by atoms with Crippen molar-refractivity contribution in [2.75, 3.05) is 0 Å². The summed E-state index contributed by atoms with van der Waals surface area (Å²) in [7, 11) is -1.05. The first-order valence-electron chi connectivity index (χ1n) is 5.25. The topological polar surface area (TPSA) is 29.1 Å². The summed E-state index contributed by atoms with van der Waals surface area (Å²) in [6, 6.07) is 8.05. The van der Waals surface area contributed by atoms with Gasteiger partial charge in [-0.05, 0) is 39.3 Å². The lowest BCUT2D eigenvalue weighted by Crippen LogP contribution is -2.34. The largest absolute Gasteiger partial charge is 0.242 e. The van der Waals surface area contributed by atoms with Crippen LogP contribution in [0.5, 0.6) is 0 Å². The van der Waals surface area contributed by atoms with Crippen molar-refractivity contribution in [1.29, 1.82) is 0 Å². The van der Waals surface area contributed by atoms with Gasteiger partial charge in [-0.25, -0.2) is 8.93 Å². The molecule has 2 atom stereocenters. The zero-order chi connectivity index (χ0) is 12.3. The van der Waals surface area contributed by atoms with Gasteiger partial charge in [0, 0.05) is 10.5 Å². The number of nitrogens with one attached hydrogen (secondary N) is 1. The van der Waals surface area contributed by atoms with Gasteiger partial charge in [0.1, 0.15) is 0 Å². The van der Waals surface area contributed by atoms with E-state index in [9.17, 15) is 4.21 Å². The number of hydrogen-bond donors (Lipinski definition) is 1. The highest BCUT2D eigenvalue weighted by Crippen LogP contribution is 2.24. The van der Waals surface area contributed by atoms with E-state index in [-0.39, 0.29) is 10.8 Å².